The van der Waals surface area contributed by atoms with Crippen LogP contribution in [0.5, 0.6) is 0 Å². The second kappa shape index (κ2) is 8.46. The summed E-state index contributed by atoms with van der Waals surface area (Å²) in [6.07, 6.45) is 4.50. The number of hydrogen-bond donors (Lipinski definition) is 1. The van der Waals surface area contributed by atoms with Crippen LogP contribution in [0, 0.1) is 0 Å². The highest BCUT2D eigenvalue weighted by atomic mass is 32.2. The zero-order chi connectivity index (χ0) is 15.9. The fourth-order valence-electron chi connectivity index (χ4n) is 2.06. The second-order valence-electron chi connectivity index (χ2n) is 5.34. The topological polar surface area (TPSA) is 62.3 Å². The normalized spacial score (nSPS) is 13.6. The molecule has 6 heteroatoms. The van der Waals surface area contributed by atoms with Gasteiger partial charge >= 0.3 is 0 Å². The van der Waals surface area contributed by atoms with Crippen molar-refractivity contribution in [2.24, 2.45) is 0 Å². The first-order valence-corrected chi connectivity index (χ1v) is 9.01. The van der Waals surface area contributed by atoms with Gasteiger partial charge < -0.3 is 5.32 Å². The Hall–Kier alpha value is -0.980. The molecule has 0 aliphatic heterocycles. The van der Waals surface area contributed by atoms with Gasteiger partial charge in [-0.3, -0.25) is 0 Å². The van der Waals surface area contributed by atoms with Gasteiger partial charge in [0, 0.05) is 25.8 Å². The van der Waals surface area contributed by atoms with Crippen LogP contribution in [0.1, 0.15) is 45.6 Å². The molecule has 1 N–H and O–H groups in total. The maximum atomic E-state index is 12.5. The Kier molecular flexibility index (Phi) is 7.28. The highest BCUT2D eigenvalue weighted by Crippen LogP contribution is 2.17. The van der Waals surface area contributed by atoms with Crippen LogP contribution in [0.2, 0.25) is 0 Å². The molecule has 120 valence electrons. The van der Waals surface area contributed by atoms with Crippen molar-refractivity contribution < 1.29 is 8.42 Å². The lowest BCUT2D eigenvalue weighted by Gasteiger charge is -2.23. The summed E-state index contributed by atoms with van der Waals surface area (Å²) in [5, 5.41) is 3.39. The molecule has 21 heavy (non-hydrogen) atoms. The molecule has 0 aliphatic rings. The van der Waals surface area contributed by atoms with E-state index in [0.29, 0.717) is 6.54 Å². The number of nitrogens with zero attached hydrogens (tertiary/aromatic N) is 2. The molecule has 5 nitrogen and oxygen atoms in total. The van der Waals surface area contributed by atoms with Crippen molar-refractivity contribution in [2.45, 2.75) is 57.6 Å². The van der Waals surface area contributed by atoms with Gasteiger partial charge in [0.2, 0.25) is 0 Å². The number of nitrogens with one attached hydrogen (secondary N) is 1. The Bertz CT molecular complexity index is 514. The molecule has 0 aliphatic carbocycles. The summed E-state index contributed by atoms with van der Waals surface area (Å²) in [6.45, 7) is 7.73. The maximum absolute atomic E-state index is 12.5. The van der Waals surface area contributed by atoms with E-state index >= 15 is 0 Å². The smallest absolute Gasteiger partial charge is 0.260 e. The van der Waals surface area contributed by atoms with Gasteiger partial charge in [0.25, 0.3) is 10.0 Å². The molecule has 1 aromatic rings. The van der Waals surface area contributed by atoms with E-state index in [1.54, 1.807) is 19.3 Å². The van der Waals surface area contributed by atoms with Crippen LogP contribution < -0.4 is 5.32 Å². The minimum Gasteiger partial charge on any atom is -0.313 e. The molecule has 1 aromatic heterocycles. The maximum Gasteiger partial charge on any atom is 0.260 e. The van der Waals surface area contributed by atoms with Crippen molar-refractivity contribution in [1.29, 1.82) is 0 Å². The zero-order valence-electron chi connectivity index (χ0n) is 13.5. The molecule has 1 rings (SSSR count). The first-order valence-electron chi connectivity index (χ1n) is 7.57. The van der Waals surface area contributed by atoms with E-state index in [9.17, 15) is 8.42 Å². The molecule has 0 radical (unpaired) electrons. The molecule has 1 atom stereocenters. The van der Waals surface area contributed by atoms with Crippen LogP contribution in [-0.4, -0.2) is 37.3 Å². The van der Waals surface area contributed by atoms with Crippen LogP contribution in [0.4, 0.5) is 0 Å². The largest absolute Gasteiger partial charge is 0.313 e. The lowest BCUT2D eigenvalue weighted by Crippen LogP contribution is -2.35. The third kappa shape index (κ3) is 5.05. The minimum atomic E-state index is -3.50. The van der Waals surface area contributed by atoms with E-state index < -0.39 is 10.0 Å². The van der Waals surface area contributed by atoms with Gasteiger partial charge in [0.15, 0.2) is 5.03 Å². The second-order valence-corrected chi connectivity index (χ2v) is 7.28. The van der Waals surface area contributed by atoms with E-state index in [-0.39, 0.29) is 11.1 Å². The fraction of sp³-hybridized carbons (Fsp3) is 0.667. The van der Waals surface area contributed by atoms with Crippen LogP contribution in [0.3, 0.4) is 0 Å². The van der Waals surface area contributed by atoms with Gasteiger partial charge in [0.1, 0.15) is 0 Å². The predicted octanol–water partition coefficient (Wildman–Crippen LogP) is 2.39. The van der Waals surface area contributed by atoms with Crippen molar-refractivity contribution in [1.82, 2.24) is 14.6 Å². The van der Waals surface area contributed by atoms with Gasteiger partial charge in [0.05, 0.1) is 0 Å². The first kappa shape index (κ1) is 18.1. The Morgan fingerprint density at radius 2 is 2.00 bits per heavy atom. The molecule has 0 saturated carbocycles. The van der Waals surface area contributed by atoms with Crippen molar-refractivity contribution in [3.8, 4) is 0 Å². The molecule has 0 saturated heterocycles. The van der Waals surface area contributed by atoms with Crippen molar-refractivity contribution >= 4 is 10.0 Å². The van der Waals surface area contributed by atoms with E-state index in [2.05, 4.69) is 17.2 Å². The Balaban J connectivity index is 2.79. The van der Waals surface area contributed by atoms with Crippen LogP contribution in [0.15, 0.2) is 23.4 Å². The first-order chi connectivity index (χ1) is 9.93. The van der Waals surface area contributed by atoms with E-state index in [4.69, 9.17) is 0 Å². The Morgan fingerprint density at radius 3 is 2.52 bits per heavy atom. The molecule has 1 unspecified atom stereocenters. The molecular formula is C15H27N3O2S. The summed E-state index contributed by atoms with van der Waals surface area (Å²) >= 11 is 0. The molecule has 0 fully saturated rings. The predicted molar refractivity (Wildman–Crippen MR) is 85.6 cm³/mol. The third-order valence-electron chi connectivity index (χ3n) is 3.52. The highest BCUT2D eigenvalue weighted by Gasteiger charge is 2.25. The molecular weight excluding hydrogens is 286 g/mol. The number of rotatable bonds is 9. The van der Waals surface area contributed by atoms with Gasteiger partial charge in [-0.2, -0.15) is 4.31 Å². The Labute approximate surface area is 128 Å². The van der Waals surface area contributed by atoms with Gasteiger partial charge in [-0.15, -0.1) is 0 Å². The fourth-order valence-corrected chi connectivity index (χ4v) is 3.36. The van der Waals surface area contributed by atoms with Crippen LogP contribution in [-0.2, 0) is 16.6 Å². The summed E-state index contributed by atoms with van der Waals surface area (Å²) in [4.78, 5) is 4.12. The molecule has 1 heterocycles. The molecule has 0 amide bonds. The van der Waals surface area contributed by atoms with Crippen molar-refractivity contribution in [2.75, 3.05) is 13.6 Å². The lowest BCUT2D eigenvalue weighted by atomic mass is 10.2. The highest BCUT2D eigenvalue weighted by molar-refractivity contribution is 7.89. The number of hydrogen-bond acceptors (Lipinski definition) is 4. The minimum absolute atomic E-state index is 0.0207. The monoisotopic (exact) mass is 313 g/mol. The van der Waals surface area contributed by atoms with Crippen LogP contribution >= 0.6 is 0 Å². The SMILES string of the molecule is CCCNCc1ccc(S(=O)(=O)N(C)C(C)CCC)nc1. The van der Waals surface area contributed by atoms with Crippen molar-refractivity contribution in [3.05, 3.63) is 23.9 Å². The van der Waals surface area contributed by atoms with E-state index in [1.165, 1.54) is 4.31 Å². The van der Waals surface area contributed by atoms with E-state index in [1.807, 2.05) is 19.9 Å². The summed E-state index contributed by atoms with van der Waals surface area (Å²) < 4.78 is 26.3. The third-order valence-corrected chi connectivity index (χ3v) is 5.41. The number of pyridine rings is 1. The average molecular weight is 313 g/mol. The van der Waals surface area contributed by atoms with Gasteiger partial charge in [-0.25, -0.2) is 13.4 Å². The average Bonchev–Trinajstić information content (AvgIpc) is 2.47. The lowest BCUT2D eigenvalue weighted by molar-refractivity contribution is 0.367. The number of sulfonamides is 1. The standard InChI is InChI=1S/C15H27N3O2S/c1-5-7-13(3)18(4)21(19,20)15-9-8-14(12-17-15)11-16-10-6-2/h8-9,12-13,16H,5-7,10-11H2,1-4H3. The summed E-state index contributed by atoms with van der Waals surface area (Å²) in [5.41, 5.74) is 0.992. The molecule has 0 spiro atoms. The quantitative estimate of drug-likeness (QED) is 0.711. The summed E-state index contributed by atoms with van der Waals surface area (Å²) in [7, 11) is -1.88. The summed E-state index contributed by atoms with van der Waals surface area (Å²) in [6, 6.07) is 3.39. The van der Waals surface area contributed by atoms with Gasteiger partial charge in [-0.05, 0) is 37.9 Å². The zero-order valence-corrected chi connectivity index (χ0v) is 14.3. The van der Waals surface area contributed by atoms with E-state index in [0.717, 1.165) is 31.4 Å². The summed E-state index contributed by atoms with van der Waals surface area (Å²) in [5.74, 6) is 0. The van der Waals surface area contributed by atoms with Gasteiger partial charge in [-0.1, -0.05) is 26.3 Å². The molecule has 0 aromatic carbocycles. The number of aromatic nitrogens is 1. The van der Waals surface area contributed by atoms with Crippen LogP contribution in [0.25, 0.3) is 0 Å². The molecule has 0 bridgehead atoms. The van der Waals surface area contributed by atoms with Crippen molar-refractivity contribution in [3.63, 3.8) is 0 Å². The Morgan fingerprint density at radius 1 is 1.29 bits per heavy atom.